The summed E-state index contributed by atoms with van der Waals surface area (Å²) < 4.78 is 8.69. The molecule has 2 aromatic heterocycles. The van der Waals surface area contributed by atoms with E-state index in [0.717, 1.165) is 43.7 Å². The standard InChI is InChI=1S/C19H23N5O3/c1-27-17-7-4-5-15(13-17)8-12-24-16(14-20-22-24)6-2-3-10-23-11-9-18(25)21-19(23)26/h4-5,7,9,11,13-14H,2-3,6,8,10,12H2,1H3,(H,21,25,26). The molecule has 8 heteroatoms. The van der Waals surface area contributed by atoms with Gasteiger partial charge in [-0.2, -0.15) is 0 Å². The molecule has 0 saturated heterocycles. The van der Waals surface area contributed by atoms with Gasteiger partial charge in [0.25, 0.3) is 5.56 Å². The van der Waals surface area contributed by atoms with Crippen LogP contribution in [0.4, 0.5) is 0 Å². The Morgan fingerprint density at radius 1 is 1.11 bits per heavy atom. The Morgan fingerprint density at radius 2 is 2.00 bits per heavy atom. The van der Waals surface area contributed by atoms with Crippen molar-refractivity contribution in [1.29, 1.82) is 0 Å². The summed E-state index contributed by atoms with van der Waals surface area (Å²) in [6.07, 6.45) is 6.73. The van der Waals surface area contributed by atoms with E-state index in [0.29, 0.717) is 6.54 Å². The van der Waals surface area contributed by atoms with Crippen LogP contribution in [0, 0.1) is 0 Å². The van der Waals surface area contributed by atoms with Gasteiger partial charge in [-0.25, -0.2) is 9.48 Å². The van der Waals surface area contributed by atoms with Crippen molar-refractivity contribution >= 4 is 0 Å². The summed E-state index contributed by atoms with van der Waals surface area (Å²) in [5.74, 6) is 0.851. The Hall–Kier alpha value is -3.16. The smallest absolute Gasteiger partial charge is 0.328 e. The highest BCUT2D eigenvalue weighted by Crippen LogP contribution is 2.14. The molecule has 3 rings (SSSR count). The van der Waals surface area contributed by atoms with Crippen molar-refractivity contribution in [2.45, 2.75) is 38.8 Å². The van der Waals surface area contributed by atoms with Crippen molar-refractivity contribution in [1.82, 2.24) is 24.5 Å². The molecule has 0 atom stereocenters. The van der Waals surface area contributed by atoms with Crippen molar-refractivity contribution in [2.24, 2.45) is 0 Å². The Bertz CT molecular complexity index is 989. The number of benzene rings is 1. The van der Waals surface area contributed by atoms with Crippen molar-refractivity contribution < 1.29 is 4.74 Å². The molecule has 27 heavy (non-hydrogen) atoms. The molecule has 0 spiro atoms. The summed E-state index contributed by atoms with van der Waals surface area (Å²) in [6, 6.07) is 9.37. The molecule has 0 aliphatic carbocycles. The van der Waals surface area contributed by atoms with E-state index >= 15 is 0 Å². The average Bonchev–Trinajstić information content (AvgIpc) is 3.12. The number of ether oxygens (including phenoxy) is 1. The fraction of sp³-hybridized carbons (Fsp3) is 0.368. The maximum Gasteiger partial charge on any atom is 0.328 e. The maximum absolute atomic E-state index is 11.7. The van der Waals surface area contributed by atoms with Crippen LogP contribution in [-0.4, -0.2) is 31.7 Å². The van der Waals surface area contributed by atoms with Gasteiger partial charge in [0.05, 0.1) is 19.0 Å². The molecule has 142 valence electrons. The Balaban J connectivity index is 1.49. The van der Waals surface area contributed by atoms with Gasteiger partial charge in [0, 0.05) is 25.4 Å². The van der Waals surface area contributed by atoms with Gasteiger partial charge in [-0.1, -0.05) is 17.3 Å². The Kier molecular flexibility index (Phi) is 6.19. The minimum absolute atomic E-state index is 0.368. The van der Waals surface area contributed by atoms with Crippen LogP contribution >= 0.6 is 0 Å². The highest BCUT2D eigenvalue weighted by molar-refractivity contribution is 5.28. The molecule has 0 unspecified atom stereocenters. The van der Waals surface area contributed by atoms with Crippen molar-refractivity contribution in [3.8, 4) is 5.75 Å². The third-order valence-corrected chi connectivity index (χ3v) is 4.42. The number of aromatic nitrogens is 5. The second-order valence-electron chi connectivity index (χ2n) is 6.31. The molecule has 0 saturated carbocycles. The molecular weight excluding hydrogens is 346 g/mol. The number of aryl methyl sites for hydroxylation is 4. The number of hydrogen-bond donors (Lipinski definition) is 1. The van der Waals surface area contributed by atoms with Gasteiger partial charge in [0.1, 0.15) is 5.75 Å². The SMILES string of the molecule is COc1cccc(CCn2nncc2CCCCn2ccc(=O)[nH]c2=O)c1. The van der Waals surface area contributed by atoms with Gasteiger partial charge < -0.3 is 9.30 Å². The number of nitrogens with zero attached hydrogens (tertiary/aromatic N) is 4. The second kappa shape index (κ2) is 8.98. The normalized spacial score (nSPS) is 10.9. The minimum atomic E-state index is -0.373. The topological polar surface area (TPSA) is 94.8 Å². The molecule has 1 aromatic carbocycles. The molecule has 2 heterocycles. The monoisotopic (exact) mass is 369 g/mol. The van der Waals surface area contributed by atoms with E-state index in [-0.39, 0.29) is 11.2 Å². The highest BCUT2D eigenvalue weighted by atomic mass is 16.5. The summed E-state index contributed by atoms with van der Waals surface area (Å²) in [5, 5.41) is 8.20. The van der Waals surface area contributed by atoms with Crippen LogP contribution in [-0.2, 0) is 25.9 Å². The molecule has 0 bridgehead atoms. The number of nitrogens with one attached hydrogen (secondary N) is 1. The van der Waals surface area contributed by atoms with Crippen LogP contribution in [0.25, 0.3) is 0 Å². The largest absolute Gasteiger partial charge is 0.497 e. The van der Waals surface area contributed by atoms with Gasteiger partial charge in [0.2, 0.25) is 0 Å². The van der Waals surface area contributed by atoms with E-state index in [4.69, 9.17) is 4.74 Å². The molecule has 0 fully saturated rings. The first-order valence-electron chi connectivity index (χ1n) is 8.96. The lowest BCUT2D eigenvalue weighted by Crippen LogP contribution is -2.28. The molecule has 0 amide bonds. The van der Waals surface area contributed by atoms with Crippen LogP contribution in [0.5, 0.6) is 5.75 Å². The molecule has 8 nitrogen and oxygen atoms in total. The lowest BCUT2D eigenvalue weighted by atomic mass is 10.1. The maximum atomic E-state index is 11.7. The van der Waals surface area contributed by atoms with E-state index in [2.05, 4.69) is 21.4 Å². The molecule has 0 radical (unpaired) electrons. The van der Waals surface area contributed by atoms with Crippen molar-refractivity contribution in [3.63, 3.8) is 0 Å². The number of methoxy groups -OCH3 is 1. The fourth-order valence-corrected chi connectivity index (χ4v) is 2.93. The van der Waals surface area contributed by atoms with Gasteiger partial charge >= 0.3 is 5.69 Å². The first-order chi connectivity index (χ1) is 13.2. The third kappa shape index (κ3) is 5.16. The van der Waals surface area contributed by atoms with Gasteiger partial charge in [-0.15, -0.1) is 5.10 Å². The molecular formula is C19H23N5O3. The quantitative estimate of drug-likeness (QED) is 0.575. The second-order valence-corrected chi connectivity index (χ2v) is 6.31. The Morgan fingerprint density at radius 3 is 2.81 bits per heavy atom. The predicted molar refractivity (Wildman–Crippen MR) is 101 cm³/mol. The van der Waals surface area contributed by atoms with Crippen molar-refractivity contribution in [2.75, 3.05) is 7.11 Å². The first-order valence-corrected chi connectivity index (χ1v) is 8.96. The summed E-state index contributed by atoms with van der Waals surface area (Å²) in [4.78, 5) is 25.0. The summed E-state index contributed by atoms with van der Waals surface area (Å²) in [6.45, 7) is 1.32. The van der Waals surface area contributed by atoms with Crippen LogP contribution < -0.4 is 16.0 Å². The zero-order chi connectivity index (χ0) is 19.1. The molecule has 0 aliphatic rings. The lowest BCUT2D eigenvalue weighted by Gasteiger charge is -2.08. The van der Waals surface area contributed by atoms with Crippen LogP contribution in [0.2, 0.25) is 0 Å². The van der Waals surface area contributed by atoms with E-state index < -0.39 is 0 Å². The molecule has 1 N–H and O–H groups in total. The highest BCUT2D eigenvalue weighted by Gasteiger charge is 2.05. The minimum Gasteiger partial charge on any atom is -0.497 e. The Labute approximate surface area is 156 Å². The number of aromatic amines is 1. The van der Waals surface area contributed by atoms with E-state index in [1.807, 2.05) is 22.9 Å². The summed E-state index contributed by atoms with van der Waals surface area (Å²) in [7, 11) is 1.66. The average molecular weight is 369 g/mol. The zero-order valence-electron chi connectivity index (χ0n) is 15.3. The van der Waals surface area contributed by atoms with E-state index in [1.165, 1.54) is 22.4 Å². The van der Waals surface area contributed by atoms with Gasteiger partial charge in [-0.05, 0) is 43.4 Å². The summed E-state index contributed by atoms with van der Waals surface area (Å²) >= 11 is 0. The third-order valence-electron chi connectivity index (χ3n) is 4.42. The number of hydrogen-bond acceptors (Lipinski definition) is 5. The molecule has 0 aliphatic heterocycles. The first kappa shape index (κ1) is 18.6. The van der Waals surface area contributed by atoms with Gasteiger partial charge in [0.15, 0.2) is 0 Å². The van der Waals surface area contributed by atoms with E-state index in [1.54, 1.807) is 13.3 Å². The van der Waals surface area contributed by atoms with E-state index in [9.17, 15) is 9.59 Å². The number of rotatable bonds is 9. The lowest BCUT2D eigenvalue weighted by molar-refractivity contribution is 0.414. The number of unbranched alkanes of at least 4 members (excludes halogenated alkanes) is 1. The van der Waals surface area contributed by atoms with Gasteiger partial charge in [-0.3, -0.25) is 9.78 Å². The van der Waals surface area contributed by atoms with Crippen molar-refractivity contribution in [3.05, 3.63) is 74.8 Å². The van der Waals surface area contributed by atoms with Crippen LogP contribution in [0.3, 0.4) is 0 Å². The summed E-state index contributed by atoms with van der Waals surface area (Å²) in [5.41, 5.74) is 1.52. The zero-order valence-corrected chi connectivity index (χ0v) is 15.3. The van der Waals surface area contributed by atoms with Crippen LogP contribution in [0.1, 0.15) is 24.1 Å². The predicted octanol–water partition coefficient (Wildman–Crippen LogP) is 1.40. The fourth-order valence-electron chi connectivity index (χ4n) is 2.93. The van der Waals surface area contributed by atoms with Crippen LogP contribution in [0.15, 0.2) is 52.3 Å². The number of H-pyrrole nitrogens is 1. The molecule has 3 aromatic rings.